The minimum absolute atomic E-state index is 0.144. The third kappa shape index (κ3) is 2.40. The highest BCUT2D eigenvalue weighted by atomic mass is 35.5. The first kappa shape index (κ1) is 11.9. The Hall–Kier alpha value is -1.58. The van der Waals surface area contributed by atoms with Crippen molar-refractivity contribution in [1.29, 1.82) is 0 Å². The standard InChI is InChI=1S/C12H7Cl2NO2/c13-8-2-1-3-9(14)11(8)10-6-7(12(16)17)4-5-15-10/h1-6H,(H,16,17). The number of rotatable bonds is 2. The van der Waals surface area contributed by atoms with Crippen molar-refractivity contribution in [3.05, 3.63) is 52.1 Å². The average Bonchev–Trinajstić information content (AvgIpc) is 2.29. The number of hydrogen-bond acceptors (Lipinski definition) is 2. The predicted octanol–water partition coefficient (Wildman–Crippen LogP) is 3.75. The Kier molecular flexibility index (Phi) is 3.31. The molecule has 0 atom stereocenters. The summed E-state index contributed by atoms with van der Waals surface area (Å²) in [6.07, 6.45) is 1.42. The molecule has 0 amide bonds. The van der Waals surface area contributed by atoms with Crippen molar-refractivity contribution in [2.24, 2.45) is 0 Å². The summed E-state index contributed by atoms with van der Waals surface area (Å²) in [7, 11) is 0. The molecule has 2 rings (SSSR count). The van der Waals surface area contributed by atoms with Crippen LogP contribution in [-0.4, -0.2) is 16.1 Å². The van der Waals surface area contributed by atoms with Gasteiger partial charge in [-0.1, -0.05) is 29.3 Å². The molecule has 0 aliphatic rings. The van der Waals surface area contributed by atoms with Crippen LogP contribution >= 0.6 is 23.2 Å². The first-order chi connectivity index (χ1) is 8.09. The van der Waals surface area contributed by atoms with Gasteiger partial charge in [0, 0.05) is 11.8 Å². The van der Waals surface area contributed by atoms with E-state index in [9.17, 15) is 4.79 Å². The van der Waals surface area contributed by atoms with E-state index in [-0.39, 0.29) is 5.56 Å². The third-order valence-electron chi connectivity index (χ3n) is 2.23. The van der Waals surface area contributed by atoms with Crippen molar-refractivity contribution in [2.75, 3.05) is 0 Å². The van der Waals surface area contributed by atoms with Crippen LogP contribution < -0.4 is 0 Å². The number of halogens is 2. The molecule has 0 aliphatic carbocycles. The molecule has 3 nitrogen and oxygen atoms in total. The zero-order valence-corrected chi connectivity index (χ0v) is 10.0. The molecule has 1 heterocycles. The maximum absolute atomic E-state index is 10.9. The molecule has 0 bridgehead atoms. The Morgan fingerprint density at radius 3 is 2.41 bits per heavy atom. The van der Waals surface area contributed by atoms with Gasteiger partial charge in [0.05, 0.1) is 21.3 Å². The molecule has 0 fully saturated rings. The normalized spacial score (nSPS) is 10.2. The smallest absolute Gasteiger partial charge is 0.335 e. The molecule has 5 heteroatoms. The van der Waals surface area contributed by atoms with Gasteiger partial charge < -0.3 is 5.11 Å². The maximum atomic E-state index is 10.9. The number of benzene rings is 1. The van der Waals surface area contributed by atoms with Crippen LogP contribution in [0.3, 0.4) is 0 Å². The topological polar surface area (TPSA) is 50.2 Å². The van der Waals surface area contributed by atoms with Crippen molar-refractivity contribution < 1.29 is 9.90 Å². The summed E-state index contributed by atoms with van der Waals surface area (Å²) < 4.78 is 0. The highest BCUT2D eigenvalue weighted by Crippen LogP contribution is 2.33. The summed E-state index contributed by atoms with van der Waals surface area (Å²) in [6, 6.07) is 7.93. The Labute approximate surface area is 108 Å². The Morgan fingerprint density at radius 2 is 1.82 bits per heavy atom. The fourth-order valence-corrected chi connectivity index (χ4v) is 2.03. The number of aromatic nitrogens is 1. The van der Waals surface area contributed by atoms with Gasteiger partial charge in [-0.15, -0.1) is 0 Å². The van der Waals surface area contributed by atoms with E-state index >= 15 is 0 Å². The van der Waals surface area contributed by atoms with E-state index in [1.54, 1.807) is 18.2 Å². The number of pyridine rings is 1. The molecule has 1 N–H and O–H groups in total. The lowest BCUT2D eigenvalue weighted by Gasteiger charge is -2.06. The van der Waals surface area contributed by atoms with E-state index in [0.29, 0.717) is 21.3 Å². The molecule has 0 saturated carbocycles. The molecule has 1 aromatic heterocycles. The minimum atomic E-state index is -1.02. The quantitative estimate of drug-likeness (QED) is 0.902. The number of hydrogen-bond donors (Lipinski definition) is 1. The first-order valence-corrected chi connectivity index (χ1v) is 5.49. The summed E-state index contributed by atoms with van der Waals surface area (Å²) in [5, 5.41) is 9.78. The van der Waals surface area contributed by atoms with Crippen LogP contribution in [0.4, 0.5) is 0 Å². The lowest BCUT2D eigenvalue weighted by atomic mass is 10.1. The average molecular weight is 268 g/mol. The van der Waals surface area contributed by atoms with Crippen LogP contribution in [0.5, 0.6) is 0 Å². The molecule has 0 radical (unpaired) electrons. The molecular formula is C12H7Cl2NO2. The molecule has 1 aromatic carbocycles. The van der Waals surface area contributed by atoms with Gasteiger partial charge in [-0.3, -0.25) is 4.98 Å². The fraction of sp³-hybridized carbons (Fsp3) is 0. The number of carboxylic acids is 1. The van der Waals surface area contributed by atoms with Crippen molar-refractivity contribution in [3.8, 4) is 11.3 Å². The molecule has 17 heavy (non-hydrogen) atoms. The van der Waals surface area contributed by atoms with E-state index in [2.05, 4.69) is 4.98 Å². The van der Waals surface area contributed by atoms with Gasteiger partial charge in [0.2, 0.25) is 0 Å². The van der Waals surface area contributed by atoms with E-state index in [0.717, 1.165) is 0 Å². The van der Waals surface area contributed by atoms with E-state index in [4.69, 9.17) is 28.3 Å². The summed E-state index contributed by atoms with van der Waals surface area (Å²) in [5.41, 5.74) is 1.13. The second-order valence-corrected chi connectivity index (χ2v) is 4.15. The molecule has 2 aromatic rings. The molecular weight excluding hydrogens is 261 g/mol. The predicted molar refractivity (Wildman–Crippen MR) is 66.7 cm³/mol. The van der Waals surface area contributed by atoms with Crippen LogP contribution in [0, 0.1) is 0 Å². The lowest BCUT2D eigenvalue weighted by Crippen LogP contribution is -1.97. The van der Waals surface area contributed by atoms with Gasteiger partial charge in [-0.2, -0.15) is 0 Å². The van der Waals surface area contributed by atoms with Gasteiger partial charge in [0.1, 0.15) is 0 Å². The summed E-state index contributed by atoms with van der Waals surface area (Å²) in [5.74, 6) is -1.02. The zero-order valence-electron chi connectivity index (χ0n) is 8.52. The second-order valence-electron chi connectivity index (χ2n) is 3.33. The van der Waals surface area contributed by atoms with Crippen molar-refractivity contribution >= 4 is 29.2 Å². The number of carboxylic acid groups (broad SMARTS) is 1. The van der Waals surface area contributed by atoms with Crippen molar-refractivity contribution in [1.82, 2.24) is 4.98 Å². The Balaban J connectivity index is 2.61. The van der Waals surface area contributed by atoms with Gasteiger partial charge >= 0.3 is 5.97 Å². The molecule has 0 saturated heterocycles. The monoisotopic (exact) mass is 267 g/mol. The van der Waals surface area contributed by atoms with Gasteiger partial charge in [-0.05, 0) is 24.3 Å². The highest BCUT2D eigenvalue weighted by Gasteiger charge is 2.11. The molecule has 86 valence electrons. The highest BCUT2D eigenvalue weighted by molar-refractivity contribution is 6.39. The largest absolute Gasteiger partial charge is 0.478 e. The minimum Gasteiger partial charge on any atom is -0.478 e. The SMILES string of the molecule is O=C(O)c1ccnc(-c2c(Cl)cccc2Cl)c1. The van der Waals surface area contributed by atoms with Crippen LogP contribution in [-0.2, 0) is 0 Å². The van der Waals surface area contributed by atoms with Gasteiger partial charge in [-0.25, -0.2) is 4.79 Å². The molecule has 0 unspecified atom stereocenters. The van der Waals surface area contributed by atoms with Gasteiger partial charge in [0.25, 0.3) is 0 Å². The molecule has 0 aliphatic heterocycles. The third-order valence-corrected chi connectivity index (χ3v) is 2.86. The van der Waals surface area contributed by atoms with Crippen LogP contribution in [0.25, 0.3) is 11.3 Å². The summed E-state index contributed by atoms with van der Waals surface area (Å²) >= 11 is 12.0. The zero-order chi connectivity index (χ0) is 12.4. The Morgan fingerprint density at radius 1 is 1.18 bits per heavy atom. The van der Waals surface area contributed by atoms with Crippen LogP contribution in [0.1, 0.15) is 10.4 Å². The van der Waals surface area contributed by atoms with Crippen LogP contribution in [0.15, 0.2) is 36.5 Å². The number of aromatic carboxylic acids is 1. The van der Waals surface area contributed by atoms with E-state index in [1.807, 2.05) is 0 Å². The number of carbonyl (C=O) groups is 1. The lowest BCUT2D eigenvalue weighted by molar-refractivity contribution is 0.0697. The number of nitrogens with zero attached hydrogens (tertiary/aromatic N) is 1. The maximum Gasteiger partial charge on any atom is 0.335 e. The van der Waals surface area contributed by atoms with Gasteiger partial charge in [0.15, 0.2) is 0 Å². The first-order valence-electron chi connectivity index (χ1n) is 4.73. The summed E-state index contributed by atoms with van der Waals surface area (Å²) in [6.45, 7) is 0. The molecule has 0 spiro atoms. The second kappa shape index (κ2) is 4.73. The summed E-state index contributed by atoms with van der Waals surface area (Å²) in [4.78, 5) is 14.9. The van der Waals surface area contributed by atoms with Crippen molar-refractivity contribution in [3.63, 3.8) is 0 Å². The van der Waals surface area contributed by atoms with E-state index in [1.165, 1.54) is 18.3 Å². The Bertz CT molecular complexity index is 564. The van der Waals surface area contributed by atoms with Crippen LogP contribution in [0.2, 0.25) is 10.0 Å². The van der Waals surface area contributed by atoms with E-state index < -0.39 is 5.97 Å². The fourth-order valence-electron chi connectivity index (χ4n) is 1.44. The van der Waals surface area contributed by atoms with Crippen molar-refractivity contribution in [2.45, 2.75) is 0 Å².